The number of ether oxygens (including phenoxy) is 5. The third kappa shape index (κ3) is 72.1. The summed E-state index contributed by atoms with van der Waals surface area (Å²) in [6.45, 7) is 31.7. The molecular weight excluding hydrogens is 761 g/mol. The second-order valence-electron chi connectivity index (χ2n) is 15.1. The highest BCUT2D eigenvalue weighted by Crippen LogP contribution is 2.20. The van der Waals surface area contributed by atoms with E-state index in [1.165, 1.54) is 96.8 Å². The van der Waals surface area contributed by atoms with E-state index in [9.17, 15) is 9.59 Å². The van der Waals surface area contributed by atoms with Crippen molar-refractivity contribution in [3.8, 4) is 0 Å². The highest BCUT2D eigenvalue weighted by atomic mass is 16.5. The first-order chi connectivity index (χ1) is 29.2. The predicted octanol–water partition coefficient (Wildman–Crippen LogP) is 16.4. The van der Waals surface area contributed by atoms with E-state index in [1.807, 2.05) is 34.6 Å². The van der Waals surface area contributed by atoms with Crippen molar-refractivity contribution >= 4 is 11.9 Å². The molecule has 2 unspecified atom stereocenters. The molecule has 0 heterocycles. The van der Waals surface area contributed by atoms with Gasteiger partial charge in [0.1, 0.15) is 0 Å². The minimum atomic E-state index is -0.311. The number of unbranched alkanes of at least 4 members (excludes halogenated alkanes) is 6. The Hall–Kier alpha value is -2.74. The van der Waals surface area contributed by atoms with Crippen LogP contribution in [0.2, 0.25) is 0 Å². The molecule has 7 nitrogen and oxygen atoms in total. The first-order valence-electron chi connectivity index (χ1n) is 23.7. The molecular formula is C54H106O7. The second kappa shape index (κ2) is 66.4. The highest BCUT2D eigenvalue weighted by Gasteiger charge is 2.25. The molecule has 7 heteroatoms. The number of esters is 2. The van der Waals surface area contributed by atoms with E-state index in [1.54, 1.807) is 21.3 Å². The van der Waals surface area contributed by atoms with Crippen LogP contribution in [-0.2, 0) is 33.3 Å². The molecule has 364 valence electrons. The van der Waals surface area contributed by atoms with Crippen molar-refractivity contribution in [3.63, 3.8) is 0 Å². The Kier molecular flexibility index (Phi) is 79.1. The molecule has 1 aromatic carbocycles. The number of allylic oxidation sites excluding steroid dienone is 6. The molecule has 61 heavy (non-hydrogen) atoms. The largest absolute Gasteiger partial charge is 0.469 e. The average molecular weight is 867 g/mol. The molecule has 0 aliphatic rings. The van der Waals surface area contributed by atoms with E-state index < -0.39 is 0 Å². The lowest BCUT2D eigenvalue weighted by Gasteiger charge is -2.17. The molecule has 0 N–H and O–H groups in total. The van der Waals surface area contributed by atoms with Crippen molar-refractivity contribution in [2.75, 3.05) is 55.4 Å². The minimum absolute atomic E-state index is 0.0556. The fraction of sp³-hybridized carbons (Fsp3) is 0.741. The van der Waals surface area contributed by atoms with Gasteiger partial charge in [0, 0.05) is 41.2 Å². The SMILES string of the molecule is C/C=C/CCC=CCC/C=C/C.CCC(C)(C)C(=O)OC.CCC(C)C(=O)OC.CCC(C)c1ccccc1.CCCC.CCCCCOC.CCCCOC.CCCOC. The molecule has 0 radical (unpaired) electrons. The van der Waals surface area contributed by atoms with Crippen LogP contribution < -0.4 is 0 Å². The second-order valence-corrected chi connectivity index (χ2v) is 15.1. The van der Waals surface area contributed by atoms with E-state index in [-0.39, 0.29) is 23.3 Å². The number of hydrogen-bond acceptors (Lipinski definition) is 7. The lowest BCUT2D eigenvalue weighted by molar-refractivity contribution is -0.150. The molecule has 0 bridgehead atoms. The summed E-state index contributed by atoms with van der Waals surface area (Å²) in [6, 6.07) is 10.6. The van der Waals surface area contributed by atoms with Gasteiger partial charge in [-0.1, -0.05) is 168 Å². The Morgan fingerprint density at radius 2 is 1.00 bits per heavy atom. The van der Waals surface area contributed by atoms with Crippen molar-refractivity contribution in [1.82, 2.24) is 0 Å². The van der Waals surface area contributed by atoms with Crippen LogP contribution >= 0.6 is 0 Å². The third-order valence-electron chi connectivity index (χ3n) is 9.02. The fourth-order valence-corrected chi connectivity index (χ4v) is 3.75. The Labute approximate surface area is 382 Å². The van der Waals surface area contributed by atoms with Gasteiger partial charge in [-0.15, -0.1) is 0 Å². The quantitative estimate of drug-likeness (QED) is 0.0652. The maximum Gasteiger partial charge on any atom is 0.311 e. The smallest absolute Gasteiger partial charge is 0.311 e. The van der Waals surface area contributed by atoms with Gasteiger partial charge in [-0.05, 0) is 103 Å². The van der Waals surface area contributed by atoms with Gasteiger partial charge in [-0.3, -0.25) is 9.59 Å². The molecule has 2 atom stereocenters. The molecule has 0 amide bonds. The molecule has 0 fully saturated rings. The van der Waals surface area contributed by atoms with E-state index in [2.05, 4.69) is 139 Å². The topological polar surface area (TPSA) is 80.3 Å². The summed E-state index contributed by atoms with van der Waals surface area (Å²) in [5.41, 5.74) is 1.14. The summed E-state index contributed by atoms with van der Waals surface area (Å²) in [7, 11) is 8.02. The van der Waals surface area contributed by atoms with E-state index >= 15 is 0 Å². The van der Waals surface area contributed by atoms with Gasteiger partial charge in [0.2, 0.25) is 0 Å². The third-order valence-corrected chi connectivity index (χ3v) is 9.02. The monoisotopic (exact) mass is 867 g/mol. The first kappa shape index (κ1) is 72.7. The molecule has 0 spiro atoms. The average Bonchev–Trinajstić information content (AvgIpc) is 3.30. The Balaban J connectivity index is -0.000000112. The molecule has 1 aromatic rings. The molecule has 0 aliphatic carbocycles. The summed E-state index contributed by atoms with van der Waals surface area (Å²) in [6.07, 6.45) is 30.7. The van der Waals surface area contributed by atoms with E-state index in [0.717, 1.165) is 39.1 Å². The van der Waals surface area contributed by atoms with Crippen LogP contribution in [0.5, 0.6) is 0 Å². The van der Waals surface area contributed by atoms with Crippen molar-refractivity contribution < 1.29 is 33.3 Å². The highest BCUT2D eigenvalue weighted by molar-refractivity contribution is 5.75. The lowest BCUT2D eigenvalue weighted by atomic mass is 9.91. The number of methoxy groups -OCH3 is 5. The van der Waals surface area contributed by atoms with Crippen LogP contribution in [-0.4, -0.2) is 67.3 Å². The minimum Gasteiger partial charge on any atom is -0.469 e. The predicted molar refractivity (Wildman–Crippen MR) is 271 cm³/mol. The Bertz CT molecular complexity index is 972. The normalized spacial score (nSPS) is 11.1. The fourth-order valence-electron chi connectivity index (χ4n) is 3.75. The van der Waals surface area contributed by atoms with Crippen LogP contribution in [0.3, 0.4) is 0 Å². The summed E-state index contributed by atoms with van der Waals surface area (Å²) < 4.78 is 23.3. The summed E-state index contributed by atoms with van der Waals surface area (Å²) >= 11 is 0. The first-order valence-corrected chi connectivity index (χ1v) is 23.7. The van der Waals surface area contributed by atoms with Crippen LogP contribution in [0.15, 0.2) is 66.8 Å². The molecule has 0 aromatic heterocycles. The van der Waals surface area contributed by atoms with Gasteiger partial charge in [0.15, 0.2) is 0 Å². The zero-order valence-electron chi connectivity index (χ0n) is 44.1. The van der Waals surface area contributed by atoms with E-state index in [4.69, 9.17) is 14.2 Å². The van der Waals surface area contributed by atoms with Gasteiger partial charge in [0.25, 0.3) is 0 Å². The van der Waals surface area contributed by atoms with Crippen molar-refractivity contribution in [1.29, 1.82) is 0 Å². The summed E-state index contributed by atoms with van der Waals surface area (Å²) in [4.78, 5) is 21.4. The lowest BCUT2D eigenvalue weighted by Crippen LogP contribution is -2.24. The summed E-state index contributed by atoms with van der Waals surface area (Å²) in [5, 5.41) is 0. The number of carbonyl (C=O) groups excluding carboxylic acids is 2. The maximum absolute atomic E-state index is 10.8. The molecule has 0 aliphatic heterocycles. The molecule has 1 rings (SSSR count). The zero-order valence-corrected chi connectivity index (χ0v) is 44.1. The van der Waals surface area contributed by atoms with Gasteiger partial charge in [-0.25, -0.2) is 0 Å². The number of hydrogen-bond donors (Lipinski definition) is 0. The summed E-state index contributed by atoms with van der Waals surface area (Å²) in [5.74, 6) is 0.513. The molecule has 0 saturated carbocycles. The van der Waals surface area contributed by atoms with Crippen LogP contribution in [0.25, 0.3) is 0 Å². The number of carbonyl (C=O) groups is 2. The number of rotatable bonds is 22. The van der Waals surface area contributed by atoms with Crippen molar-refractivity contribution in [2.24, 2.45) is 11.3 Å². The maximum atomic E-state index is 10.8. The Morgan fingerprint density at radius 3 is 1.25 bits per heavy atom. The van der Waals surface area contributed by atoms with Gasteiger partial charge in [0.05, 0.1) is 25.6 Å². The van der Waals surface area contributed by atoms with Crippen LogP contribution in [0.4, 0.5) is 0 Å². The van der Waals surface area contributed by atoms with Gasteiger partial charge >= 0.3 is 11.9 Å². The molecule has 0 saturated heterocycles. The van der Waals surface area contributed by atoms with E-state index in [0.29, 0.717) is 5.92 Å². The van der Waals surface area contributed by atoms with Crippen molar-refractivity contribution in [3.05, 3.63) is 72.4 Å². The van der Waals surface area contributed by atoms with Crippen molar-refractivity contribution in [2.45, 2.75) is 199 Å². The Morgan fingerprint density at radius 1 is 0.557 bits per heavy atom. The zero-order chi connectivity index (χ0) is 48.4. The number of benzene rings is 1. The van der Waals surface area contributed by atoms with Gasteiger partial charge < -0.3 is 23.7 Å². The van der Waals surface area contributed by atoms with Crippen LogP contribution in [0.1, 0.15) is 205 Å². The standard InChI is InChI=1S/C12H20.C10H14.C7H14O2.C6H12O2.C6H14O.C5H12O.C4H10O.C4H10/c1-3-5-7-9-11-12-10-8-6-4-2;1-3-9(2)10-7-5-4-6-8-10;1-5-7(2,3)6(8)9-4;1-4-5(2)6(7)8-3;1-3-4-5-6-7-2;1-3-4-5-6-2;1-3-4-5-2;1-3-4-2/h3-6,11-12H,7-10H2,1-2H3;4-9H,3H2,1-2H3;5H2,1-4H3;5H,4H2,1-3H3;3-6H2,1-2H3;3-5H2,1-2H3;3-4H2,1-2H3;3-4H2,1-2H3/b5-3+,6-4+,12-11?;;;;;;;. The van der Waals surface area contributed by atoms with Gasteiger partial charge in [-0.2, -0.15) is 0 Å². The van der Waals surface area contributed by atoms with Crippen LogP contribution in [0, 0.1) is 11.3 Å².